The van der Waals surface area contributed by atoms with Gasteiger partial charge in [0, 0.05) is 18.9 Å². The molecule has 1 unspecified atom stereocenters. The zero-order chi connectivity index (χ0) is 11.3. The molecular weight excluding hydrogens is 190 g/mol. The Morgan fingerprint density at radius 1 is 1.73 bits per heavy atom. The molecule has 1 amide bonds. The zero-order valence-corrected chi connectivity index (χ0v) is 9.05. The third-order valence-electron chi connectivity index (χ3n) is 2.25. The van der Waals surface area contributed by atoms with Crippen molar-refractivity contribution in [1.82, 2.24) is 14.7 Å². The highest BCUT2D eigenvalue weighted by atomic mass is 16.2. The van der Waals surface area contributed by atoms with Crippen molar-refractivity contribution >= 4 is 5.91 Å². The van der Waals surface area contributed by atoms with Crippen LogP contribution in [0.25, 0.3) is 0 Å². The molecule has 0 aromatic carbocycles. The van der Waals surface area contributed by atoms with Gasteiger partial charge in [-0.15, -0.1) is 6.42 Å². The molecule has 0 saturated carbocycles. The number of hydrogen-bond acceptors (Lipinski definition) is 2. The van der Waals surface area contributed by atoms with Crippen molar-refractivity contribution in [2.75, 3.05) is 13.1 Å². The Labute approximate surface area is 89.9 Å². The fourth-order valence-corrected chi connectivity index (χ4v) is 1.34. The minimum absolute atomic E-state index is 0.000787. The van der Waals surface area contributed by atoms with Gasteiger partial charge in [-0.25, -0.2) is 0 Å². The van der Waals surface area contributed by atoms with Crippen LogP contribution in [0.3, 0.4) is 0 Å². The summed E-state index contributed by atoms with van der Waals surface area (Å²) in [6.45, 7) is 4.69. The Bertz CT molecular complexity index is 350. The van der Waals surface area contributed by atoms with Crippen molar-refractivity contribution in [3.05, 3.63) is 18.5 Å². The maximum Gasteiger partial charge on any atom is 0.247 e. The van der Waals surface area contributed by atoms with Gasteiger partial charge >= 0.3 is 0 Å². The summed E-state index contributed by atoms with van der Waals surface area (Å²) in [6, 6.07) is 1.50. The first-order valence-electron chi connectivity index (χ1n) is 4.92. The Balaban J connectivity index is 2.71. The van der Waals surface area contributed by atoms with E-state index in [4.69, 9.17) is 6.42 Å². The highest BCUT2D eigenvalue weighted by Gasteiger charge is 2.19. The molecule has 0 aliphatic heterocycles. The monoisotopic (exact) mass is 205 g/mol. The van der Waals surface area contributed by atoms with Crippen LogP contribution < -0.4 is 0 Å². The van der Waals surface area contributed by atoms with E-state index in [1.807, 2.05) is 13.8 Å². The van der Waals surface area contributed by atoms with Gasteiger partial charge in [0.1, 0.15) is 6.04 Å². The molecule has 0 fully saturated rings. The molecule has 80 valence electrons. The quantitative estimate of drug-likeness (QED) is 0.686. The normalized spacial score (nSPS) is 11.8. The molecule has 15 heavy (non-hydrogen) atoms. The fourth-order valence-electron chi connectivity index (χ4n) is 1.34. The van der Waals surface area contributed by atoms with Gasteiger partial charge < -0.3 is 4.90 Å². The predicted molar refractivity (Wildman–Crippen MR) is 58.0 cm³/mol. The van der Waals surface area contributed by atoms with Crippen LogP contribution in [0.1, 0.15) is 19.9 Å². The van der Waals surface area contributed by atoms with Crippen molar-refractivity contribution in [2.45, 2.75) is 19.9 Å². The molecule has 0 N–H and O–H groups in total. The predicted octanol–water partition coefficient (Wildman–Crippen LogP) is 0.926. The van der Waals surface area contributed by atoms with Crippen LogP contribution in [0.5, 0.6) is 0 Å². The van der Waals surface area contributed by atoms with Crippen LogP contribution >= 0.6 is 0 Å². The van der Waals surface area contributed by atoms with Crippen molar-refractivity contribution in [3.63, 3.8) is 0 Å². The molecule has 1 atom stereocenters. The number of terminal acetylenes is 1. The lowest BCUT2D eigenvalue weighted by molar-refractivity contribution is -0.133. The third-order valence-corrected chi connectivity index (χ3v) is 2.25. The summed E-state index contributed by atoms with van der Waals surface area (Å²) in [5.41, 5.74) is 0. The van der Waals surface area contributed by atoms with Crippen molar-refractivity contribution in [1.29, 1.82) is 0 Å². The van der Waals surface area contributed by atoms with Gasteiger partial charge in [-0.3, -0.25) is 9.48 Å². The maximum atomic E-state index is 11.9. The van der Waals surface area contributed by atoms with Gasteiger partial charge in [0.25, 0.3) is 0 Å². The topological polar surface area (TPSA) is 38.1 Å². The van der Waals surface area contributed by atoms with Gasteiger partial charge in [-0.05, 0) is 19.9 Å². The summed E-state index contributed by atoms with van der Waals surface area (Å²) < 4.78 is 1.63. The van der Waals surface area contributed by atoms with Crippen LogP contribution in [-0.4, -0.2) is 33.7 Å². The van der Waals surface area contributed by atoms with Crippen LogP contribution in [-0.2, 0) is 4.79 Å². The molecule has 0 bridgehead atoms. The number of hydrogen-bond donors (Lipinski definition) is 0. The first kappa shape index (κ1) is 11.3. The maximum absolute atomic E-state index is 11.9. The highest BCUT2D eigenvalue weighted by molar-refractivity contribution is 5.80. The first-order valence-corrected chi connectivity index (χ1v) is 4.92. The molecule has 4 nitrogen and oxygen atoms in total. The van der Waals surface area contributed by atoms with Crippen molar-refractivity contribution in [2.24, 2.45) is 0 Å². The van der Waals surface area contributed by atoms with Crippen LogP contribution in [0.4, 0.5) is 0 Å². The van der Waals surface area contributed by atoms with E-state index in [-0.39, 0.29) is 11.9 Å². The summed E-state index contributed by atoms with van der Waals surface area (Å²) in [7, 11) is 0. The van der Waals surface area contributed by atoms with E-state index in [0.29, 0.717) is 13.1 Å². The molecule has 0 radical (unpaired) electrons. The molecule has 0 spiro atoms. The van der Waals surface area contributed by atoms with Gasteiger partial charge in [0.15, 0.2) is 0 Å². The van der Waals surface area contributed by atoms with E-state index in [0.717, 1.165) is 0 Å². The first-order chi connectivity index (χ1) is 7.20. The highest BCUT2D eigenvalue weighted by Crippen LogP contribution is 2.07. The molecule has 4 heteroatoms. The van der Waals surface area contributed by atoms with Crippen LogP contribution in [0.2, 0.25) is 0 Å². The molecule has 1 aromatic rings. The van der Waals surface area contributed by atoms with Crippen molar-refractivity contribution < 1.29 is 4.79 Å². The molecule has 0 aliphatic rings. The van der Waals surface area contributed by atoms with E-state index in [1.54, 1.807) is 28.0 Å². The average Bonchev–Trinajstić information content (AvgIpc) is 2.77. The minimum Gasteiger partial charge on any atom is -0.330 e. The zero-order valence-electron chi connectivity index (χ0n) is 9.05. The van der Waals surface area contributed by atoms with Gasteiger partial charge in [0.05, 0.1) is 6.54 Å². The standard InChI is InChI=1S/C11H15N3O/c1-4-8-13(5-2)11(15)10(3)14-9-6-7-12-14/h1,6-7,9-10H,5,8H2,2-3H3. The number of rotatable bonds is 4. The number of carbonyl (C=O) groups excluding carboxylic acids is 1. The fraction of sp³-hybridized carbons (Fsp3) is 0.455. The smallest absolute Gasteiger partial charge is 0.247 e. The second kappa shape index (κ2) is 5.20. The van der Waals surface area contributed by atoms with Crippen LogP contribution in [0, 0.1) is 12.3 Å². The molecule has 1 rings (SSSR count). The molecule has 0 aliphatic carbocycles. The Morgan fingerprint density at radius 3 is 2.93 bits per heavy atom. The molecule has 1 heterocycles. The van der Waals surface area contributed by atoms with Gasteiger partial charge in [-0.1, -0.05) is 5.92 Å². The molecule has 0 saturated heterocycles. The third kappa shape index (κ3) is 2.59. The summed E-state index contributed by atoms with van der Waals surface area (Å²) in [5.74, 6) is 2.47. The summed E-state index contributed by atoms with van der Waals surface area (Å²) >= 11 is 0. The summed E-state index contributed by atoms with van der Waals surface area (Å²) in [4.78, 5) is 13.6. The number of likely N-dealkylation sites (N-methyl/N-ethyl adjacent to an activating group) is 1. The van der Waals surface area contributed by atoms with Gasteiger partial charge in [0.2, 0.25) is 5.91 Å². The Hall–Kier alpha value is -1.76. The SMILES string of the molecule is C#CCN(CC)C(=O)C(C)n1cccn1. The van der Waals surface area contributed by atoms with Crippen molar-refractivity contribution in [3.8, 4) is 12.3 Å². The number of nitrogens with zero attached hydrogens (tertiary/aromatic N) is 3. The Kier molecular flexibility index (Phi) is 3.92. The molecule has 1 aromatic heterocycles. The second-order valence-electron chi connectivity index (χ2n) is 3.22. The average molecular weight is 205 g/mol. The van der Waals surface area contributed by atoms with E-state index in [2.05, 4.69) is 11.0 Å². The number of carbonyl (C=O) groups is 1. The largest absolute Gasteiger partial charge is 0.330 e. The van der Waals surface area contributed by atoms with Gasteiger partial charge in [-0.2, -0.15) is 5.10 Å². The summed E-state index contributed by atoms with van der Waals surface area (Å²) in [6.07, 6.45) is 8.62. The Morgan fingerprint density at radius 2 is 2.47 bits per heavy atom. The number of amides is 1. The summed E-state index contributed by atoms with van der Waals surface area (Å²) in [5, 5.41) is 4.03. The second-order valence-corrected chi connectivity index (χ2v) is 3.22. The van der Waals surface area contributed by atoms with E-state index in [9.17, 15) is 4.79 Å². The lowest BCUT2D eigenvalue weighted by atomic mass is 10.3. The van der Waals surface area contributed by atoms with E-state index in [1.165, 1.54) is 0 Å². The van der Waals surface area contributed by atoms with Crippen LogP contribution in [0.15, 0.2) is 18.5 Å². The lowest BCUT2D eigenvalue weighted by Crippen LogP contribution is -2.36. The lowest BCUT2D eigenvalue weighted by Gasteiger charge is -2.22. The number of aromatic nitrogens is 2. The van der Waals surface area contributed by atoms with E-state index >= 15 is 0 Å². The van der Waals surface area contributed by atoms with E-state index < -0.39 is 0 Å². The molecular formula is C11H15N3O. The minimum atomic E-state index is -0.298.